The molecule has 1 heterocycles. The summed E-state index contributed by atoms with van der Waals surface area (Å²) in [4.78, 5) is 11.4. The summed E-state index contributed by atoms with van der Waals surface area (Å²) in [7, 11) is 0. The molecule has 2 rings (SSSR count). The predicted molar refractivity (Wildman–Crippen MR) is 51.9 cm³/mol. The van der Waals surface area contributed by atoms with E-state index in [4.69, 9.17) is 0 Å². The minimum Gasteiger partial charge on any atom is -0.434 e. The molecule has 3 nitrogen and oxygen atoms in total. The Balaban J connectivity index is 2.49. The number of hydrogen-bond acceptors (Lipinski definition) is 2. The number of amides is 1. The molecule has 0 fully saturated rings. The van der Waals surface area contributed by atoms with Crippen molar-refractivity contribution in [3.8, 4) is 5.75 Å². The van der Waals surface area contributed by atoms with Gasteiger partial charge in [-0.3, -0.25) is 4.79 Å². The van der Waals surface area contributed by atoms with Gasteiger partial charge in [0.2, 0.25) is 0 Å². The summed E-state index contributed by atoms with van der Waals surface area (Å²) in [5.41, 5.74) is 0.836. The van der Waals surface area contributed by atoms with Crippen molar-refractivity contribution in [3.05, 3.63) is 27.7 Å². The number of nitrogens with one attached hydrogen (secondary N) is 1. The zero-order valence-electron chi connectivity index (χ0n) is 7.39. The lowest BCUT2D eigenvalue weighted by Crippen LogP contribution is -2.14. The molecule has 0 aliphatic carbocycles. The lowest BCUT2D eigenvalue weighted by molar-refractivity contribution is -0.0501. The second kappa shape index (κ2) is 3.77. The van der Waals surface area contributed by atoms with Crippen molar-refractivity contribution in [1.29, 1.82) is 0 Å². The summed E-state index contributed by atoms with van der Waals surface area (Å²) in [6, 6.07) is 2.93. The number of benzene rings is 1. The van der Waals surface area contributed by atoms with Gasteiger partial charge in [0, 0.05) is 16.6 Å². The zero-order valence-corrected chi connectivity index (χ0v) is 8.98. The highest BCUT2D eigenvalue weighted by molar-refractivity contribution is 9.10. The van der Waals surface area contributed by atoms with Crippen LogP contribution in [0.1, 0.15) is 15.9 Å². The van der Waals surface area contributed by atoms with Crippen molar-refractivity contribution in [3.63, 3.8) is 0 Å². The molecule has 1 amide bonds. The van der Waals surface area contributed by atoms with Gasteiger partial charge in [0.25, 0.3) is 5.91 Å². The Kier molecular flexibility index (Phi) is 2.60. The molecule has 0 saturated heterocycles. The van der Waals surface area contributed by atoms with Crippen LogP contribution in [-0.4, -0.2) is 12.5 Å². The standard InChI is InChI=1S/C9H6BrF2NO2/c10-5-1-2-6(15-9(11)12)7-4(5)3-13-8(7)14/h1-2,9H,3H2,(H,13,14). The van der Waals surface area contributed by atoms with Crippen LogP contribution in [0, 0.1) is 0 Å². The first kappa shape index (κ1) is 10.4. The molecule has 1 N–H and O–H groups in total. The number of carbonyl (C=O) groups excluding carboxylic acids is 1. The third-order valence-corrected chi connectivity index (χ3v) is 2.83. The minimum atomic E-state index is -2.93. The fourth-order valence-corrected chi connectivity index (χ4v) is 1.94. The number of fused-ring (bicyclic) bond motifs is 1. The second-order valence-electron chi connectivity index (χ2n) is 2.96. The molecule has 0 unspecified atom stereocenters. The van der Waals surface area contributed by atoms with E-state index in [0.717, 1.165) is 0 Å². The van der Waals surface area contributed by atoms with Crippen molar-refractivity contribution in [1.82, 2.24) is 5.32 Å². The summed E-state index contributed by atoms with van der Waals surface area (Å²) < 4.78 is 29.1. The van der Waals surface area contributed by atoms with E-state index in [1.54, 1.807) is 6.07 Å². The summed E-state index contributed by atoms with van der Waals surface area (Å²) in [5, 5.41) is 2.55. The summed E-state index contributed by atoms with van der Waals surface area (Å²) in [6.45, 7) is -2.60. The zero-order chi connectivity index (χ0) is 11.0. The molecule has 0 radical (unpaired) electrons. The molecule has 0 aromatic heterocycles. The van der Waals surface area contributed by atoms with Crippen molar-refractivity contribution in [2.75, 3.05) is 0 Å². The highest BCUT2D eigenvalue weighted by Crippen LogP contribution is 2.32. The van der Waals surface area contributed by atoms with Gasteiger partial charge in [0.1, 0.15) is 5.75 Å². The Hall–Kier alpha value is -1.17. The van der Waals surface area contributed by atoms with Crippen molar-refractivity contribution < 1.29 is 18.3 Å². The minimum absolute atomic E-state index is 0.0850. The van der Waals surface area contributed by atoms with Gasteiger partial charge in [-0.25, -0.2) is 0 Å². The Morgan fingerprint density at radius 3 is 2.87 bits per heavy atom. The Labute approximate surface area is 92.5 Å². The van der Waals surface area contributed by atoms with Gasteiger partial charge < -0.3 is 10.1 Å². The van der Waals surface area contributed by atoms with Crippen molar-refractivity contribution >= 4 is 21.8 Å². The highest BCUT2D eigenvalue weighted by atomic mass is 79.9. The maximum absolute atomic E-state index is 12.1. The third-order valence-electron chi connectivity index (χ3n) is 2.09. The third kappa shape index (κ3) is 1.81. The van der Waals surface area contributed by atoms with Crippen LogP contribution in [0.5, 0.6) is 5.75 Å². The largest absolute Gasteiger partial charge is 0.434 e. The average molecular weight is 278 g/mol. The molecule has 1 aliphatic heterocycles. The molecular weight excluding hydrogens is 272 g/mol. The summed E-state index contributed by atoms with van der Waals surface area (Å²) >= 11 is 3.24. The lowest BCUT2D eigenvalue weighted by atomic mass is 10.1. The lowest BCUT2D eigenvalue weighted by Gasteiger charge is -2.08. The van der Waals surface area contributed by atoms with Gasteiger partial charge in [0.05, 0.1) is 5.56 Å². The number of rotatable bonds is 2. The van der Waals surface area contributed by atoms with Crippen LogP contribution < -0.4 is 10.1 Å². The normalized spacial score (nSPS) is 14.0. The van der Waals surface area contributed by atoms with Gasteiger partial charge in [-0.1, -0.05) is 15.9 Å². The van der Waals surface area contributed by atoms with Gasteiger partial charge in [-0.15, -0.1) is 0 Å². The first-order valence-corrected chi connectivity index (χ1v) is 4.93. The fourth-order valence-electron chi connectivity index (χ4n) is 1.47. The van der Waals surface area contributed by atoms with Crippen LogP contribution in [-0.2, 0) is 6.54 Å². The molecule has 0 saturated carbocycles. The van der Waals surface area contributed by atoms with Crippen LogP contribution in [0.25, 0.3) is 0 Å². The SMILES string of the molecule is O=C1NCc2c(Br)ccc(OC(F)F)c21. The van der Waals surface area contributed by atoms with Crippen molar-refractivity contribution in [2.45, 2.75) is 13.2 Å². The quantitative estimate of drug-likeness (QED) is 0.901. The molecule has 0 atom stereocenters. The van der Waals surface area contributed by atoms with E-state index in [0.29, 0.717) is 16.6 Å². The first-order chi connectivity index (χ1) is 7.09. The van der Waals surface area contributed by atoms with Crippen LogP contribution in [0.4, 0.5) is 8.78 Å². The molecule has 1 aromatic rings. The van der Waals surface area contributed by atoms with Gasteiger partial charge in [0.15, 0.2) is 0 Å². The Bertz CT molecular complexity index is 423. The predicted octanol–water partition coefficient (Wildman–Crippen LogP) is 2.29. The molecule has 1 aromatic carbocycles. The van der Waals surface area contributed by atoms with Gasteiger partial charge in [-0.2, -0.15) is 8.78 Å². The van der Waals surface area contributed by atoms with E-state index in [2.05, 4.69) is 26.0 Å². The van der Waals surface area contributed by atoms with E-state index < -0.39 is 6.61 Å². The van der Waals surface area contributed by atoms with Gasteiger partial charge >= 0.3 is 6.61 Å². The van der Waals surface area contributed by atoms with Crippen LogP contribution in [0.15, 0.2) is 16.6 Å². The van der Waals surface area contributed by atoms with E-state index in [-0.39, 0.29) is 17.2 Å². The number of ether oxygens (including phenoxy) is 1. The number of halogens is 3. The van der Waals surface area contributed by atoms with E-state index in [9.17, 15) is 13.6 Å². The van der Waals surface area contributed by atoms with Crippen LogP contribution in [0.2, 0.25) is 0 Å². The molecule has 6 heteroatoms. The van der Waals surface area contributed by atoms with Crippen LogP contribution >= 0.6 is 15.9 Å². The van der Waals surface area contributed by atoms with Gasteiger partial charge in [-0.05, 0) is 12.1 Å². The first-order valence-electron chi connectivity index (χ1n) is 4.14. The highest BCUT2D eigenvalue weighted by Gasteiger charge is 2.26. The maximum atomic E-state index is 12.1. The summed E-state index contributed by atoms with van der Waals surface area (Å²) in [5.74, 6) is -0.472. The Morgan fingerprint density at radius 2 is 2.20 bits per heavy atom. The molecule has 0 bridgehead atoms. The molecule has 1 aliphatic rings. The smallest absolute Gasteiger partial charge is 0.387 e. The Morgan fingerprint density at radius 1 is 1.47 bits per heavy atom. The van der Waals surface area contributed by atoms with E-state index >= 15 is 0 Å². The van der Waals surface area contributed by atoms with E-state index in [1.165, 1.54) is 6.07 Å². The molecule has 15 heavy (non-hydrogen) atoms. The topological polar surface area (TPSA) is 38.3 Å². The second-order valence-corrected chi connectivity index (χ2v) is 3.81. The summed E-state index contributed by atoms with van der Waals surface area (Å²) in [6.07, 6.45) is 0. The molecule has 80 valence electrons. The van der Waals surface area contributed by atoms with Crippen LogP contribution in [0.3, 0.4) is 0 Å². The van der Waals surface area contributed by atoms with Crippen molar-refractivity contribution in [2.24, 2.45) is 0 Å². The molecular formula is C9H6BrF2NO2. The average Bonchev–Trinajstić information content (AvgIpc) is 2.54. The number of alkyl halides is 2. The number of carbonyl (C=O) groups is 1. The fraction of sp³-hybridized carbons (Fsp3) is 0.222. The van der Waals surface area contributed by atoms with E-state index in [1.807, 2.05) is 0 Å². The maximum Gasteiger partial charge on any atom is 0.387 e. The number of hydrogen-bond donors (Lipinski definition) is 1. The monoisotopic (exact) mass is 277 g/mol. The molecule has 0 spiro atoms.